The van der Waals surface area contributed by atoms with E-state index < -0.39 is 0 Å². The predicted octanol–water partition coefficient (Wildman–Crippen LogP) is 3.34. The Labute approximate surface area is 179 Å². The first-order valence-corrected chi connectivity index (χ1v) is 11.0. The number of anilines is 1. The topological polar surface area (TPSA) is 59.4 Å². The maximum Gasteiger partial charge on any atom is 0.224 e. The summed E-state index contributed by atoms with van der Waals surface area (Å²) >= 11 is 0. The summed E-state index contributed by atoms with van der Waals surface area (Å²) in [5.41, 5.74) is 4.68. The first kappa shape index (κ1) is 20.4. The Kier molecular flexibility index (Phi) is 6.66. The van der Waals surface area contributed by atoms with Gasteiger partial charge in [0.15, 0.2) is 0 Å². The van der Waals surface area contributed by atoms with Gasteiger partial charge in [-0.3, -0.25) is 9.69 Å². The van der Waals surface area contributed by atoms with E-state index in [9.17, 15) is 4.79 Å². The molecule has 0 radical (unpaired) electrons. The number of hydrogen-bond acceptors (Lipinski definition) is 4. The van der Waals surface area contributed by atoms with Crippen LogP contribution in [0.3, 0.4) is 0 Å². The molecule has 2 heterocycles. The molecule has 1 N–H and O–H groups in total. The molecule has 5 nitrogen and oxygen atoms in total. The SMILES string of the molecule is N#Cc1ccc(N2CCCC(C(=O)NCCCN3CCc4ccccc4C3)C2)cc1. The molecule has 0 saturated carbocycles. The lowest BCUT2D eigenvalue weighted by molar-refractivity contribution is -0.125. The maximum absolute atomic E-state index is 12.7. The van der Waals surface area contributed by atoms with Crippen LogP contribution in [0.25, 0.3) is 0 Å². The highest BCUT2D eigenvalue weighted by atomic mass is 16.1. The standard InChI is InChI=1S/C25H30N4O/c26-17-20-8-10-24(11-9-20)29-15-3-7-23(19-29)25(30)27-13-4-14-28-16-12-21-5-1-2-6-22(21)18-28/h1-2,5-6,8-11,23H,3-4,7,12-16,18-19H2,(H,27,30). The minimum absolute atomic E-state index is 0.0382. The fourth-order valence-corrected chi connectivity index (χ4v) is 4.58. The van der Waals surface area contributed by atoms with Crippen LogP contribution in [0.5, 0.6) is 0 Å². The molecule has 4 rings (SSSR count). The Bertz CT molecular complexity index is 902. The molecule has 2 aliphatic heterocycles. The van der Waals surface area contributed by atoms with Gasteiger partial charge < -0.3 is 10.2 Å². The van der Waals surface area contributed by atoms with Crippen LogP contribution in [0.15, 0.2) is 48.5 Å². The molecule has 30 heavy (non-hydrogen) atoms. The fourth-order valence-electron chi connectivity index (χ4n) is 4.58. The Morgan fingerprint density at radius 2 is 1.90 bits per heavy atom. The van der Waals surface area contributed by atoms with Crippen molar-refractivity contribution < 1.29 is 4.79 Å². The second-order valence-corrected chi connectivity index (χ2v) is 8.38. The average molecular weight is 403 g/mol. The summed E-state index contributed by atoms with van der Waals surface area (Å²) in [6.07, 6.45) is 4.07. The van der Waals surface area contributed by atoms with Crippen LogP contribution >= 0.6 is 0 Å². The highest BCUT2D eigenvalue weighted by Gasteiger charge is 2.25. The van der Waals surface area contributed by atoms with Gasteiger partial charge in [-0.05, 0) is 61.1 Å². The van der Waals surface area contributed by atoms with Crippen LogP contribution in [0.4, 0.5) is 5.69 Å². The summed E-state index contributed by atoms with van der Waals surface area (Å²) in [5.74, 6) is 0.216. The van der Waals surface area contributed by atoms with Crippen LogP contribution in [-0.2, 0) is 17.8 Å². The molecule has 1 atom stereocenters. The molecule has 5 heteroatoms. The largest absolute Gasteiger partial charge is 0.371 e. The number of carbonyl (C=O) groups is 1. The molecule has 156 valence electrons. The second kappa shape index (κ2) is 9.77. The third-order valence-corrected chi connectivity index (χ3v) is 6.31. The molecule has 2 aromatic rings. The first-order valence-electron chi connectivity index (χ1n) is 11.0. The molecular formula is C25H30N4O. The number of piperidine rings is 1. The number of fused-ring (bicyclic) bond motifs is 1. The molecular weight excluding hydrogens is 372 g/mol. The summed E-state index contributed by atoms with van der Waals surface area (Å²) in [5, 5.41) is 12.1. The third kappa shape index (κ3) is 5.01. The van der Waals surface area contributed by atoms with Crippen molar-refractivity contribution in [2.75, 3.05) is 37.6 Å². The van der Waals surface area contributed by atoms with Crippen molar-refractivity contribution in [1.29, 1.82) is 5.26 Å². The first-order chi connectivity index (χ1) is 14.7. The van der Waals surface area contributed by atoms with Crippen molar-refractivity contribution >= 4 is 11.6 Å². The second-order valence-electron chi connectivity index (χ2n) is 8.38. The van der Waals surface area contributed by atoms with Gasteiger partial charge in [0.05, 0.1) is 17.6 Å². The van der Waals surface area contributed by atoms with E-state index in [2.05, 4.69) is 45.5 Å². The Morgan fingerprint density at radius 1 is 1.10 bits per heavy atom. The summed E-state index contributed by atoms with van der Waals surface area (Å²) in [6, 6.07) is 18.5. The van der Waals surface area contributed by atoms with Crippen LogP contribution in [0.1, 0.15) is 36.0 Å². The van der Waals surface area contributed by atoms with Crippen molar-refractivity contribution in [3.05, 3.63) is 65.2 Å². The van der Waals surface area contributed by atoms with Crippen LogP contribution in [-0.4, -0.2) is 43.5 Å². The highest BCUT2D eigenvalue weighted by molar-refractivity contribution is 5.79. The molecule has 0 bridgehead atoms. The van der Waals surface area contributed by atoms with Gasteiger partial charge >= 0.3 is 0 Å². The van der Waals surface area contributed by atoms with Crippen molar-refractivity contribution in [2.45, 2.75) is 32.2 Å². The number of hydrogen-bond donors (Lipinski definition) is 1. The van der Waals surface area contributed by atoms with Crippen LogP contribution in [0, 0.1) is 17.2 Å². The normalized spacial score (nSPS) is 19.0. The Hall–Kier alpha value is -2.84. The minimum atomic E-state index is 0.0382. The number of nitrogens with zero attached hydrogens (tertiary/aromatic N) is 3. The molecule has 2 aliphatic rings. The number of rotatable bonds is 6. The molecule has 0 spiro atoms. The summed E-state index contributed by atoms with van der Waals surface area (Å²) in [6.45, 7) is 5.60. The van der Waals surface area contributed by atoms with Gasteiger partial charge in [-0.15, -0.1) is 0 Å². The average Bonchev–Trinajstić information content (AvgIpc) is 2.81. The Morgan fingerprint density at radius 3 is 2.70 bits per heavy atom. The van der Waals surface area contributed by atoms with E-state index in [-0.39, 0.29) is 11.8 Å². The van der Waals surface area contributed by atoms with E-state index in [0.29, 0.717) is 5.56 Å². The molecule has 0 aromatic heterocycles. The monoisotopic (exact) mass is 402 g/mol. The molecule has 1 amide bonds. The van der Waals surface area contributed by atoms with Crippen molar-refractivity contribution in [2.24, 2.45) is 5.92 Å². The van der Waals surface area contributed by atoms with Gasteiger partial charge in [0.1, 0.15) is 0 Å². The van der Waals surface area contributed by atoms with E-state index >= 15 is 0 Å². The maximum atomic E-state index is 12.7. The smallest absolute Gasteiger partial charge is 0.224 e. The highest BCUT2D eigenvalue weighted by Crippen LogP contribution is 2.24. The van der Waals surface area contributed by atoms with Crippen molar-refractivity contribution in [1.82, 2.24) is 10.2 Å². The summed E-state index contributed by atoms with van der Waals surface area (Å²) < 4.78 is 0. The molecule has 1 unspecified atom stereocenters. The van der Waals surface area contributed by atoms with Gasteiger partial charge in [-0.2, -0.15) is 5.26 Å². The van der Waals surface area contributed by atoms with Crippen LogP contribution in [0.2, 0.25) is 0 Å². The third-order valence-electron chi connectivity index (χ3n) is 6.31. The van der Waals surface area contributed by atoms with Gasteiger partial charge in [0.2, 0.25) is 5.91 Å². The number of carbonyl (C=O) groups excluding carboxylic acids is 1. The van der Waals surface area contributed by atoms with Crippen molar-refractivity contribution in [3.63, 3.8) is 0 Å². The van der Waals surface area contributed by atoms with E-state index in [1.165, 1.54) is 11.1 Å². The minimum Gasteiger partial charge on any atom is -0.371 e. The van der Waals surface area contributed by atoms with Gasteiger partial charge in [-0.25, -0.2) is 0 Å². The molecule has 1 saturated heterocycles. The number of benzene rings is 2. The summed E-state index contributed by atoms with van der Waals surface area (Å²) in [4.78, 5) is 17.4. The Balaban J connectivity index is 1.20. The van der Waals surface area contributed by atoms with Gasteiger partial charge in [0.25, 0.3) is 0 Å². The fraction of sp³-hybridized carbons (Fsp3) is 0.440. The van der Waals surface area contributed by atoms with Crippen LogP contribution < -0.4 is 10.2 Å². The lowest BCUT2D eigenvalue weighted by atomic mass is 9.96. The number of nitrogens with one attached hydrogen (secondary N) is 1. The predicted molar refractivity (Wildman–Crippen MR) is 119 cm³/mol. The molecule has 1 fully saturated rings. The molecule has 2 aromatic carbocycles. The van der Waals surface area contributed by atoms with E-state index in [4.69, 9.17) is 5.26 Å². The van der Waals surface area contributed by atoms with Gasteiger partial charge in [0, 0.05) is 45.0 Å². The van der Waals surface area contributed by atoms with E-state index in [0.717, 1.165) is 70.6 Å². The number of nitriles is 1. The zero-order chi connectivity index (χ0) is 20.8. The molecule has 0 aliphatic carbocycles. The van der Waals surface area contributed by atoms with E-state index in [1.807, 2.05) is 24.3 Å². The van der Waals surface area contributed by atoms with Crippen molar-refractivity contribution in [3.8, 4) is 6.07 Å². The quantitative estimate of drug-likeness (QED) is 0.753. The summed E-state index contributed by atoms with van der Waals surface area (Å²) in [7, 11) is 0. The zero-order valence-corrected chi connectivity index (χ0v) is 17.5. The lowest BCUT2D eigenvalue weighted by Crippen LogP contribution is -2.43. The lowest BCUT2D eigenvalue weighted by Gasteiger charge is -2.34. The van der Waals surface area contributed by atoms with Gasteiger partial charge in [-0.1, -0.05) is 24.3 Å². The number of amides is 1. The van der Waals surface area contributed by atoms with E-state index in [1.54, 1.807) is 0 Å². The zero-order valence-electron chi connectivity index (χ0n) is 17.5.